The second-order valence-electron chi connectivity index (χ2n) is 3.12. The Labute approximate surface area is 102 Å². The van der Waals surface area contributed by atoms with Crippen LogP contribution in [0.4, 0.5) is 13.2 Å². The molecule has 0 aromatic heterocycles. The van der Waals surface area contributed by atoms with Crippen LogP contribution >= 0.6 is 15.9 Å². The molecule has 0 aliphatic heterocycles. The summed E-state index contributed by atoms with van der Waals surface area (Å²) in [6.45, 7) is 0. The number of carbonyl (C=O) groups excluding carboxylic acids is 1. The molecule has 0 atom stereocenters. The molecule has 0 bridgehead atoms. The zero-order valence-corrected chi connectivity index (χ0v) is 9.80. The molecule has 1 N–H and O–H groups in total. The van der Waals surface area contributed by atoms with Crippen LogP contribution in [-0.4, -0.2) is 22.2 Å². The quantitative estimate of drug-likeness (QED) is 0.690. The molecule has 0 unspecified atom stereocenters. The molecule has 0 heterocycles. The molecule has 0 aliphatic rings. The standard InChI is InChI=1S/C10H6BrF3O3/c11-4-8(15)5-1-2-6(9(16)17)7(3-5)10(12,13)14/h1-3H,4H2,(H,16,17). The Bertz CT molecular complexity index is 468. The summed E-state index contributed by atoms with van der Waals surface area (Å²) >= 11 is 2.83. The van der Waals surface area contributed by atoms with E-state index < -0.39 is 29.1 Å². The molecular weight excluding hydrogens is 305 g/mol. The van der Waals surface area contributed by atoms with Gasteiger partial charge in [0.15, 0.2) is 5.78 Å². The largest absolute Gasteiger partial charge is 0.478 e. The topological polar surface area (TPSA) is 54.4 Å². The third-order valence-electron chi connectivity index (χ3n) is 2.00. The first-order chi connectivity index (χ1) is 7.77. The number of benzene rings is 1. The van der Waals surface area contributed by atoms with E-state index in [9.17, 15) is 22.8 Å². The molecule has 92 valence electrons. The molecule has 1 aromatic rings. The van der Waals surface area contributed by atoms with Gasteiger partial charge < -0.3 is 5.11 Å². The van der Waals surface area contributed by atoms with Crippen molar-refractivity contribution in [2.24, 2.45) is 0 Å². The van der Waals surface area contributed by atoms with Gasteiger partial charge in [-0.25, -0.2) is 4.79 Å². The van der Waals surface area contributed by atoms with Crippen molar-refractivity contribution < 1.29 is 27.9 Å². The highest BCUT2D eigenvalue weighted by atomic mass is 79.9. The van der Waals surface area contributed by atoms with Crippen LogP contribution in [0.25, 0.3) is 0 Å². The van der Waals surface area contributed by atoms with Crippen LogP contribution in [0.2, 0.25) is 0 Å². The van der Waals surface area contributed by atoms with E-state index in [4.69, 9.17) is 5.11 Å². The number of carboxylic acid groups (broad SMARTS) is 1. The summed E-state index contributed by atoms with van der Waals surface area (Å²) in [5.74, 6) is -2.23. The summed E-state index contributed by atoms with van der Waals surface area (Å²) in [6.07, 6.45) is -4.81. The maximum Gasteiger partial charge on any atom is 0.417 e. The fourth-order valence-corrected chi connectivity index (χ4v) is 1.54. The van der Waals surface area contributed by atoms with Gasteiger partial charge in [0.05, 0.1) is 16.5 Å². The molecule has 0 fully saturated rings. The van der Waals surface area contributed by atoms with Crippen molar-refractivity contribution >= 4 is 27.7 Å². The lowest BCUT2D eigenvalue weighted by Gasteiger charge is -2.11. The Balaban J connectivity index is 3.40. The van der Waals surface area contributed by atoms with Crippen molar-refractivity contribution in [2.75, 3.05) is 5.33 Å². The second-order valence-corrected chi connectivity index (χ2v) is 3.68. The Morgan fingerprint density at radius 1 is 1.29 bits per heavy atom. The normalized spacial score (nSPS) is 11.3. The van der Waals surface area contributed by atoms with Gasteiger partial charge in [-0.05, 0) is 12.1 Å². The molecule has 0 amide bonds. The van der Waals surface area contributed by atoms with Crippen LogP contribution in [-0.2, 0) is 6.18 Å². The monoisotopic (exact) mass is 310 g/mol. The molecule has 7 heteroatoms. The first-order valence-corrected chi connectivity index (χ1v) is 5.43. The van der Waals surface area contributed by atoms with E-state index in [1.807, 2.05) is 0 Å². The highest BCUT2D eigenvalue weighted by Crippen LogP contribution is 2.32. The van der Waals surface area contributed by atoms with Crippen molar-refractivity contribution in [2.45, 2.75) is 6.18 Å². The maximum atomic E-state index is 12.6. The highest BCUT2D eigenvalue weighted by Gasteiger charge is 2.35. The average molecular weight is 311 g/mol. The van der Waals surface area contributed by atoms with E-state index in [1.165, 1.54) is 0 Å². The van der Waals surface area contributed by atoms with Crippen LogP contribution in [0.15, 0.2) is 18.2 Å². The molecule has 0 saturated carbocycles. The predicted molar refractivity (Wildman–Crippen MR) is 56.5 cm³/mol. The van der Waals surface area contributed by atoms with Gasteiger partial charge in [-0.15, -0.1) is 0 Å². The minimum atomic E-state index is -4.81. The van der Waals surface area contributed by atoms with Gasteiger partial charge in [0.25, 0.3) is 0 Å². The Hall–Kier alpha value is -1.37. The maximum absolute atomic E-state index is 12.6. The summed E-state index contributed by atoms with van der Waals surface area (Å²) in [7, 11) is 0. The van der Waals surface area contributed by atoms with Gasteiger partial charge in [-0.1, -0.05) is 22.0 Å². The van der Waals surface area contributed by atoms with Gasteiger partial charge in [0, 0.05) is 5.56 Å². The van der Waals surface area contributed by atoms with Crippen LogP contribution in [0.1, 0.15) is 26.3 Å². The lowest BCUT2D eigenvalue weighted by atomic mass is 10.0. The van der Waals surface area contributed by atoms with E-state index in [0.29, 0.717) is 6.07 Å². The second kappa shape index (κ2) is 4.87. The molecule has 0 aliphatic carbocycles. The summed E-state index contributed by atoms with van der Waals surface area (Å²) in [5, 5.41) is 8.49. The minimum Gasteiger partial charge on any atom is -0.478 e. The van der Waals surface area contributed by atoms with Crippen LogP contribution in [0, 0.1) is 0 Å². The molecule has 17 heavy (non-hydrogen) atoms. The molecule has 1 rings (SSSR count). The summed E-state index contributed by atoms with van der Waals surface area (Å²) in [4.78, 5) is 21.8. The van der Waals surface area contributed by atoms with Gasteiger partial charge in [0.1, 0.15) is 0 Å². The highest BCUT2D eigenvalue weighted by molar-refractivity contribution is 9.09. The number of aromatic carboxylic acids is 1. The van der Waals surface area contributed by atoms with Crippen LogP contribution in [0.3, 0.4) is 0 Å². The van der Waals surface area contributed by atoms with Crippen molar-refractivity contribution in [3.63, 3.8) is 0 Å². The molecule has 3 nitrogen and oxygen atoms in total. The zero-order chi connectivity index (χ0) is 13.2. The zero-order valence-electron chi connectivity index (χ0n) is 8.21. The molecule has 0 saturated heterocycles. The fourth-order valence-electron chi connectivity index (χ4n) is 1.22. The number of Topliss-reactive ketones (excluding diaryl/α,β-unsaturated/α-hetero) is 1. The van der Waals surface area contributed by atoms with Crippen molar-refractivity contribution in [3.05, 3.63) is 34.9 Å². The summed E-state index contributed by atoms with van der Waals surface area (Å²) < 4.78 is 37.7. The first kappa shape index (κ1) is 13.7. The summed E-state index contributed by atoms with van der Waals surface area (Å²) in [5.41, 5.74) is -2.38. The van der Waals surface area contributed by atoms with Crippen molar-refractivity contribution in [1.29, 1.82) is 0 Å². The number of hydrogen-bond donors (Lipinski definition) is 1. The van der Waals surface area contributed by atoms with E-state index >= 15 is 0 Å². The van der Waals surface area contributed by atoms with Crippen LogP contribution in [0.5, 0.6) is 0 Å². The van der Waals surface area contributed by atoms with Crippen LogP contribution < -0.4 is 0 Å². The van der Waals surface area contributed by atoms with Gasteiger partial charge in [0.2, 0.25) is 0 Å². The number of ketones is 1. The molecule has 0 radical (unpaired) electrons. The Kier molecular flexibility index (Phi) is 3.92. The lowest BCUT2D eigenvalue weighted by molar-refractivity contribution is -0.138. The van der Waals surface area contributed by atoms with Crippen molar-refractivity contribution in [3.8, 4) is 0 Å². The van der Waals surface area contributed by atoms with Gasteiger partial charge in [-0.2, -0.15) is 13.2 Å². The van der Waals surface area contributed by atoms with E-state index in [2.05, 4.69) is 15.9 Å². The smallest absolute Gasteiger partial charge is 0.417 e. The number of alkyl halides is 4. The predicted octanol–water partition coefficient (Wildman–Crippen LogP) is 2.98. The minimum absolute atomic E-state index is 0.128. The van der Waals surface area contributed by atoms with E-state index in [0.717, 1.165) is 12.1 Å². The van der Waals surface area contributed by atoms with Gasteiger partial charge >= 0.3 is 12.1 Å². The average Bonchev–Trinajstić information content (AvgIpc) is 2.25. The number of hydrogen-bond acceptors (Lipinski definition) is 2. The molecule has 0 spiro atoms. The Morgan fingerprint density at radius 2 is 1.88 bits per heavy atom. The fraction of sp³-hybridized carbons (Fsp3) is 0.200. The third kappa shape index (κ3) is 3.06. The van der Waals surface area contributed by atoms with Gasteiger partial charge in [-0.3, -0.25) is 4.79 Å². The summed E-state index contributed by atoms with van der Waals surface area (Å²) in [6, 6.07) is 2.39. The van der Waals surface area contributed by atoms with Crippen molar-refractivity contribution in [1.82, 2.24) is 0 Å². The number of carbonyl (C=O) groups is 2. The first-order valence-electron chi connectivity index (χ1n) is 4.31. The number of halogens is 4. The SMILES string of the molecule is O=C(CBr)c1ccc(C(=O)O)c(C(F)(F)F)c1. The molecular formula is C10H6BrF3O3. The number of carboxylic acids is 1. The molecule has 1 aromatic carbocycles. The Morgan fingerprint density at radius 3 is 2.29 bits per heavy atom. The van der Waals surface area contributed by atoms with E-state index in [1.54, 1.807) is 0 Å². The number of rotatable bonds is 3. The van der Waals surface area contributed by atoms with E-state index in [-0.39, 0.29) is 10.9 Å². The third-order valence-corrected chi connectivity index (χ3v) is 2.51. The lowest BCUT2D eigenvalue weighted by Crippen LogP contribution is -2.14.